The standard InChI is InChI=1S/C11H27N2.ClH/c1-6-12(7-2)10-11-13(5,8-3)9-4;/h6-11H2,1-5H3;1H/q+1;/p-1. The minimum Gasteiger partial charge on any atom is -1.00 e. The van der Waals surface area contributed by atoms with Crippen molar-refractivity contribution < 1.29 is 16.9 Å². The fourth-order valence-electron chi connectivity index (χ4n) is 1.46. The topological polar surface area (TPSA) is 3.24 Å². The zero-order valence-electron chi connectivity index (χ0n) is 10.5. The summed E-state index contributed by atoms with van der Waals surface area (Å²) in [7, 11) is 2.35. The lowest BCUT2D eigenvalue weighted by Crippen LogP contribution is -3.00. The average molecular weight is 223 g/mol. The molecule has 0 heterocycles. The molecule has 0 rings (SSSR count). The first-order valence-corrected chi connectivity index (χ1v) is 5.67. The molecule has 0 saturated heterocycles. The van der Waals surface area contributed by atoms with Crippen molar-refractivity contribution >= 4 is 0 Å². The molecule has 0 aliphatic rings. The van der Waals surface area contributed by atoms with Gasteiger partial charge in [0, 0.05) is 6.54 Å². The van der Waals surface area contributed by atoms with E-state index in [-0.39, 0.29) is 12.4 Å². The molecule has 0 atom stereocenters. The number of likely N-dealkylation sites (N-methyl/N-ethyl adjacent to an activating group) is 2. The van der Waals surface area contributed by atoms with Gasteiger partial charge >= 0.3 is 0 Å². The average Bonchev–Trinajstić information content (AvgIpc) is 2.19. The lowest BCUT2D eigenvalue weighted by Gasteiger charge is -2.34. The minimum absolute atomic E-state index is 0. The van der Waals surface area contributed by atoms with Crippen LogP contribution in [0.2, 0.25) is 0 Å². The van der Waals surface area contributed by atoms with E-state index in [1.165, 1.54) is 43.8 Å². The Morgan fingerprint density at radius 2 is 1.36 bits per heavy atom. The van der Waals surface area contributed by atoms with Gasteiger partial charge in [-0.15, -0.1) is 0 Å². The molecule has 0 aromatic rings. The Bertz CT molecular complexity index is 120. The Balaban J connectivity index is 0. The van der Waals surface area contributed by atoms with Gasteiger partial charge in [0.25, 0.3) is 0 Å². The lowest BCUT2D eigenvalue weighted by molar-refractivity contribution is -0.905. The molecule has 0 amide bonds. The van der Waals surface area contributed by atoms with Crippen LogP contribution in [0.1, 0.15) is 27.7 Å². The predicted octanol–water partition coefficient (Wildman–Crippen LogP) is -1.18. The third-order valence-corrected chi connectivity index (χ3v) is 3.38. The SMILES string of the molecule is CCN(CC)CC[N+](C)(CC)CC.[Cl-]. The highest BCUT2D eigenvalue weighted by Crippen LogP contribution is 2.01. The van der Waals surface area contributed by atoms with Crippen LogP contribution in [0.5, 0.6) is 0 Å². The quantitative estimate of drug-likeness (QED) is 0.491. The maximum Gasteiger partial charge on any atom is 0.0913 e. The van der Waals surface area contributed by atoms with Crippen LogP contribution in [0.3, 0.4) is 0 Å². The second kappa shape index (κ2) is 8.51. The fourth-order valence-corrected chi connectivity index (χ4v) is 1.46. The van der Waals surface area contributed by atoms with Crippen LogP contribution in [0, 0.1) is 0 Å². The van der Waals surface area contributed by atoms with E-state index in [2.05, 4.69) is 39.6 Å². The summed E-state index contributed by atoms with van der Waals surface area (Å²) in [6.07, 6.45) is 0. The summed E-state index contributed by atoms with van der Waals surface area (Å²) in [5.41, 5.74) is 0. The Hall–Kier alpha value is 0.210. The second-order valence-electron chi connectivity index (χ2n) is 4.00. The molecule has 0 fully saturated rings. The number of halogens is 1. The maximum atomic E-state index is 2.50. The van der Waals surface area contributed by atoms with Crippen molar-refractivity contribution in [1.29, 1.82) is 0 Å². The van der Waals surface area contributed by atoms with Crippen molar-refractivity contribution in [2.24, 2.45) is 0 Å². The molecule has 0 aliphatic carbocycles. The lowest BCUT2D eigenvalue weighted by atomic mass is 10.3. The number of quaternary nitrogens is 1. The normalized spacial score (nSPS) is 11.6. The minimum atomic E-state index is 0. The third kappa shape index (κ3) is 5.84. The van der Waals surface area contributed by atoms with Gasteiger partial charge in [-0.25, -0.2) is 0 Å². The van der Waals surface area contributed by atoms with E-state index in [0.717, 1.165) is 0 Å². The molecular weight excluding hydrogens is 196 g/mol. The van der Waals surface area contributed by atoms with Gasteiger partial charge < -0.3 is 16.9 Å². The first-order chi connectivity index (χ1) is 6.11. The summed E-state index contributed by atoms with van der Waals surface area (Å²) in [5, 5.41) is 0. The zero-order chi connectivity index (χ0) is 10.3. The molecule has 0 unspecified atom stereocenters. The first kappa shape index (κ1) is 16.6. The van der Waals surface area contributed by atoms with Gasteiger partial charge in [-0.1, -0.05) is 13.8 Å². The largest absolute Gasteiger partial charge is 1.00 e. The van der Waals surface area contributed by atoms with Crippen LogP contribution in [0.15, 0.2) is 0 Å². The molecule has 0 bridgehead atoms. The van der Waals surface area contributed by atoms with E-state index in [1.54, 1.807) is 0 Å². The molecule has 0 spiro atoms. The number of nitrogens with zero attached hydrogens (tertiary/aromatic N) is 2. The summed E-state index contributed by atoms with van der Waals surface area (Å²) in [5.74, 6) is 0. The second-order valence-corrected chi connectivity index (χ2v) is 4.00. The fraction of sp³-hybridized carbons (Fsp3) is 1.00. The van der Waals surface area contributed by atoms with Crippen molar-refractivity contribution in [1.82, 2.24) is 4.90 Å². The number of rotatable bonds is 7. The summed E-state index contributed by atoms with van der Waals surface area (Å²) in [4.78, 5) is 2.50. The molecule has 0 aromatic heterocycles. The Morgan fingerprint density at radius 3 is 1.64 bits per heavy atom. The maximum absolute atomic E-state index is 2.50. The van der Waals surface area contributed by atoms with Gasteiger partial charge in [0.15, 0.2) is 0 Å². The van der Waals surface area contributed by atoms with Gasteiger partial charge in [-0.3, -0.25) is 4.90 Å². The summed E-state index contributed by atoms with van der Waals surface area (Å²) in [6, 6.07) is 0. The van der Waals surface area contributed by atoms with E-state index in [9.17, 15) is 0 Å². The van der Waals surface area contributed by atoms with E-state index in [0.29, 0.717) is 0 Å². The number of hydrogen-bond donors (Lipinski definition) is 0. The van der Waals surface area contributed by atoms with E-state index < -0.39 is 0 Å². The highest BCUT2D eigenvalue weighted by atomic mass is 35.5. The molecule has 0 aliphatic heterocycles. The van der Waals surface area contributed by atoms with Gasteiger partial charge in [0.2, 0.25) is 0 Å². The third-order valence-electron chi connectivity index (χ3n) is 3.38. The molecule has 88 valence electrons. The van der Waals surface area contributed by atoms with Crippen LogP contribution in [-0.2, 0) is 0 Å². The van der Waals surface area contributed by atoms with Crippen molar-refractivity contribution in [3.63, 3.8) is 0 Å². The molecule has 0 radical (unpaired) electrons. The van der Waals surface area contributed by atoms with Crippen molar-refractivity contribution in [3.05, 3.63) is 0 Å². The van der Waals surface area contributed by atoms with Gasteiger partial charge in [0.05, 0.1) is 26.7 Å². The van der Waals surface area contributed by atoms with Gasteiger partial charge in [-0.05, 0) is 26.9 Å². The van der Waals surface area contributed by atoms with Gasteiger partial charge in [-0.2, -0.15) is 0 Å². The van der Waals surface area contributed by atoms with Gasteiger partial charge in [0.1, 0.15) is 0 Å². The first-order valence-electron chi connectivity index (χ1n) is 5.67. The highest BCUT2D eigenvalue weighted by Gasteiger charge is 2.16. The molecule has 14 heavy (non-hydrogen) atoms. The molecule has 0 aromatic carbocycles. The van der Waals surface area contributed by atoms with Crippen molar-refractivity contribution in [2.45, 2.75) is 27.7 Å². The molecular formula is C11H27ClN2. The van der Waals surface area contributed by atoms with Crippen LogP contribution < -0.4 is 12.4 Å². The Morgan fingerprint density at radius 1 is 0.929 bits per heavy atom. The molecule has 0 saturated carbocycles. The zero-order valence-corrected chi connectivity index (χ0v) is 11.3. The summed E-state index contributed by atoms with van der Waals surface area (Å²) in [6.45, 7) is 16.4. The van der Waals surface area contributed by atoms with E-state index >= 15 is 0 Å². The van der Waals surface area contributed by atoms with Crippen LogP contribution >= 0.6 is 0 Å². The monoisotopic (exact) mass is 222 g/mol. The molecule has 3 heteroatoms. The van der Waals surface area contributed by atoms with Crippen LogP contribution in [0.4, 0.5) is 0 Å². The predicted molar refractivity (Wildman–Crippen MR) is 59.9 cm³/mol. The van der Waals surface area contributed by atoms with E-state index in [4.69, 9.17) is 0 Å². The summed E-state index contributed by atoms with van der Waals surface area (Å²) < 4.78 is 1.20. The highest BCUT2D eigenvalue weighted by molar-refractivity contribution is 4.50. The van der Waals surface area contributed by atoms with Crippen LogP contribution in [0.25, 0.3) is 0 Å². The van der Waals surface area contributed by atoms with E-state index in [1.807, 2.05) is 0 Å². The smallest absolute Gasteiger partial charge is 0.0913 e. The number of hydrogen-bond acceptors (Lipinski definition) is 1. The van der Waals surface area contributed by atoms with Crippen molar-refractivity contribution in [3.8, 4) is 0 Å². The van der Waals surface area contributed by atoms with Crippen LogP contribution in [-0.4, -0.2) is 55.7 Å². The molecule has 2 nitrogen and oxygen atoms in total. The van der Waals surface area contributed by atoms with Crippen molar-refractivity contribution in [2.75, 3.05) is 46.3 Å². The molecule has 0 N–H and O–H groups in total. The Labute approximate surface area is 96.3 Å². The Kier molecular flexibility index (Phi) is 10.1. The summed E-state index contributed by atoms with van der Waals surface area (Å²) >= 11 is 0.